The number of carbonyl (C=O) groups is 3. The lowest BCUT2D eigenvalue weighted by atomic mass is 10.0. The van der Waals surface area contributed by atoms with E-state index in [4.69, 9.17) is 9.47 Å². The van der Waals surface area contributed by atoms with Crippen LogP contribution >= 0.6 is 0 Å². The van der Waals surface area contributed by atoms with E-state index in [1.54, 1.807) is 0 Å². The fourth-order valence-corrected chi connectivity index (χ4v) is 3.00. The number of ether oxygens (including phenoxy) is 2. The number of amides is 1. The van der Waals surface area contributed by atoms with Gasteiger partial charge in [-0.05, 0) is 34.5 Å². The number of methoxy groups -OCH3 is 2. The summed E-state index contributed by atoms with van der Waals surface area (Å²) < 4.78 is 9.41. The molecule has 3 aromatic carbocycles. The molecule has 6 heteroatoms. The van der Waals surface area contributed by atoms with E-state index in [0.717, 1.165) is 16.3 Å². The van der Waals surface area contributed by atoms with Crippen LogP contribution in [0.4, 0.5) is 5.69 Å². The molecular formula is C22H19NO5. The van der Waals surface area contributed by atoms with Crippen LogP contribution in [0.3, 0.4) is 0 Å². The minimum absolute atomic E-state index is 0.144. The molecule has 3 rings (SSSR count). The number of hydrogen-bond acceptors (Lipinski definition) is 5. The normalized spacial score (nSPS) is 10.4. The maximum Gasteiger partial charge on any atom is 0.337 e. The van der Waals surface area contributed by atoms with Crippen LogP contribution in [0.15, 0.2) is 60.7 Å². The molecule has 0 aliphatic carbocycles. The molecule has 0 spiro atoms. The maximum absolute atomic E-state index is 12.6. The first-order chi connectivity index (χ1) is 13.5. The van der Waals surface area contributed by atoms with Gasteiger partial charge in [-0.15, -0.1) is 0 Å². The standard InChI is InChI=1S/C22H19NO5/c1-27-21(25)16-10-17(22(26)28-2)12-18(11-16)23-20(24)13-15-8-5-7-14-6-3-4-9-19(14)15/h3-12H,13H2,1-2H3,(H,23,24). The molecule has 3 aromatic rings. The molecule has 0 aromatic heterocycles. The highest BCUT2D eigenvalue weighted by molar-refractivity contribution is 6.00. The van der Waals surface area contributed by atoms with Gasteiger partial charge in [0.2, 0.25) is 5.91 Å². The van der Waals surface area contributed by atoms with Crippen LogP contribution in [0.5, 0.6) is 0 Å². The SMILES string of the molecule is COC(=O)c1cc(NC(=O)Cc2cccc3ccccc23)cc(C(=O)OC)c1. The first-order valence-electron chi connectivity index (χ1n) is 8.60. The van der Waals surface area contributed by atoms with Gasteiger partial charge < -0.3 is 14.8 Å². The Kier molecular flexibility index (Phi) is 5.69. The Bertz CT molecular complexity index is 1020. The third-order valence-corrected chi connectivity index (χ3v) is 4.29. The molecule has 1 N–H and O–H groups in total. The molecule has 0 aliphatic rings. The van der Waals surface area contributed by atoms with E-state index < -0.39 is 11.9 Å². The van der Waals surface area contributed by atoms with E-state index in [0.29, 0.717) is 5.69 Å². The van der Waals surface area contributed by atoms with Gasteiger partial charge in [0, 0.05) is 5.69 Å². The van der Waals surface area contributed by atoms with Crippen molar-refractivity contribution in [2.24, 2.45) is 0 Å². The number of rotatable bonds is 5. The number of nitrogens with one attached hydrogen (secondary N) is 1. The van der Waals surface area contributed by atoms with Gasteiger partial charge in [0.05, 0.1) is 31.8 Å². The highest BCUT2D eigenvalue weighted by atomic mass is 16.5. The summed E-state index contributed by atoms with van der Waals surface area (Å²) in [5.41, 5.74) is 1.48. The third-order valence-electron chi connectivity index (χ3n) is 4.29. The summed E-state index contributed by atoms with van der Waals surface area (Å²) in [5.74, 6) is -1.50. The molecule has 0 fully saturated rings. The predicted molar refractivity (Wildman–Crippen MR) is 105 cm³/mol. The zero-order valence-corrected chi connectivity index (χ0v) is 15.5. The van der Waals surface area contributed by atoms with Crippen molar-refractivity contribution in [3.05, 3.63) is 77.4 Å². The third kappa shape index (κ3) is 4.17. The largest absolute Gasteiger partial charge is 0.465 e. The summed E-state index contributed by atoms with van der Waals surface area (Å²) in [5, 5.41) is 4.79. The Balaban J connectivity index is 1.86. The van der Waals surface area contributed by atoms with E-state index >= 15 is 0 Å². The topological polar surface area (TPSA) is 81.7 Å². The summed E-state index contributed by atoms with van der Waals surface area (Å²) >= 11 is 0. The molecule has 0 bridgehead atoms. The highest BCUT2D eigenvalue weighted by Gasteiger charge is 2.15. The number of benzene rings is 3. The molecule has 142 valence electrons. The number of hydrogen-bond donors (Lipinski definition) is 1. The monoisotopic (exact) mass is 377 g/mol. The van der Waals surface area contributed by atoms with Crippen LogP contribution < -0.4 is 5.32 Å². The lowest BCUT2D eigenvalue weighted by Crippen LogP contribution is -2.16. The van der Waals surface area contributed by atoms with E-state index in [1.807, 2.05) is 42.5 Å². The van der Waals surface area contributed by atoms with Gasteiger partial charge in [-0.25, -0.2) is 9.59 Å². The van der Waals surface area contributed by atoms with E-state index in [2.05, 4.69) is 5.32 Å². The van der Waals surface area contributed by atoms with Crippen LogP contribution in [0.1, 0.15) is 26.3 Å². The van der Waals surface area contributed by atoms with Gasteiger partial charge in [-0.3, -0.25) is 4.79 Å². The second-order valence-electron chi connectivity index (χ2n) is 6.15. The molecule has 1 amide bonds. The van der Waals surface area contributed by atoms with Crippen molar-refractivity contribution in [2.45, 2.75) is 6.42 Å². The van der Waals surface area contributed by atoms with Crippen molar-refractivity contribution in [3.8, 4) is 0 Å². The van der Waals surface area contributed by atoms with Gasteiger partial charge in [0.15, 0.2) is 0 Å². The zero-order valence-electron chi connectivity index (χ0n) is 15.5. The van der Waals surface area contributed by atoms with E-state index in [-0.39, 0.29) is 23.5 Å². The number of carbonyl (C=O) groups excluding carboxylic acids is 3. The lowest BCUT2D eigenvalue weighted by Gasteiger charge is -2.11. The van der Waals surface area contributed by atoms with Gasteiger partial charge in [0.1, 0.15) is 0 Å². The Morgan fingerprint density at radius 1 is 0.821 bits per heavy atom. The summed E-state index contributed by atoms with van der Waals surface area (Å²) in [4.78, 5) is 36.3. The van der Waals surface area contributed by atoms with Crippen molar-refractivity contribution in [1.29, 1.82) is 0 Å². The van der Waals surface area contributed by atoms with Gasteiger partial charge in [-0.2, -0.15) is 0 Å². The minimum atomic E-state index is -0.615. The molecule has 0 radical (unpaired) electrons. The first-order valence-corrected chi connectivity index (χ1v) is 8.60. The summed E-state index contributed by atoms with van der Waals surface area (Å²) in [6, 6.07) is 17.9. The van der Waals surface area contributed by atoms with Crippen LogP contribution in [0.25, 0.3) is 10.8 Å². The van der Waals surface area contributed by atoms with Gasteiger partial charge in [-0.1, -0.05) is 42.5 Å². The average molecular weight is 377 g/mol. The molecule has 0 unspecified atom stereocenters. The van der Waals surface area contributed by atoms with E-state index in [1.165, 1.54) is 32.4 Å². The van der Waals surface area contributed by atoms with Crippen molar-refractivity contribution in [2.75, 3.05) is 19.5 Å². The van der Waals surface area contributed by atoms with Crippen molar-refractivity contribution < 1.29 is 23.9 Å². The van der Waals surface area contributed by atoms with E-state index in [9.17, 15) is 14.4 Å². The van der Waals surface area contributed by atoms with Gasteiger partial charge in [0.25, 0.3) is 0 Å². The van der Waals surface area contributed by atoms with Crippen LogP contribution in [-0.4, -0.2) is 32.1 Å². The summed E-state index contributed by atoms with van der Waals surface area (Å²) in [6.07, 6.45) is 0.150. The lowest BCUT2D eigenvalue weighted by molar-refractivity contribution is -0.115. The Morgan fingerprint density at radius 3 is 2.07 bits per heavy atom. The van der Waals surface area contributed by atoms with Crippen LogP contribution in [-0.2, 0) is 20.7 Å². The van der Waals surface area contributed by atoms with Crippen LogP contribution in [0.2, 0.25) is 0 Å². The molecule has 0 atom stereocenters. The molecule has 0 saturated heterocycles. The van der Waals surface area contributed by atoms with Crippen molar-refractivity contribution in [1.82, 2.24) is 0 Å². The number of esters is 2. The molecule has 28 heavy (non-hydrogen) atoms. The Labute approximate surface area is 162 Å². The maximum atomic E-state index is 12.6. The molecule has 0 saturated carbocycles. The quantitative estimate of drug-likeness (QED) is 0.687. The molecule has 0 heterocycles. The predicted octanol–water partition coefficient (Wildman–Crippen LogP) is 3.59. The molecular weight excluding hydrogens is 358 g/mol. The fraction of sp³-hybridized carbons (Fsp3) is 0.136. The summed E-state index contributed by atoms with van der Waals surface area (Å²) in [6.45, 7) is 0. The smallest absolute Gasteiger partial charge is 0.337 e. The fourth-order valence-electron chi connectivity index (χ4n) is 3.00. The Hall–Kier alpha value is -3.67. The number of anilines is 1. The number of fused-ring (bicyclic) bond motifs is 1. The van der Waals surface area contributed by atoms with Crippen molar-refractivity contribution in [3.63, 3.8) is 0 Å². The second kappa shape index (κ2) is 8.35. The van der Waals surface area contributed by atoms with Gasteiger partial charge >= 0.3 is 11.9 Å². The second-order valence-corrected chi connectivity index (χ2v) is 6.15. The van der Waals surface area contributed by atoms with Crippen LogP contribution in [0, 0.1) is 0 Å². The molecule has 6 nitrogen and oxygen atoms in total. The molecule has 0 aliphatic heterocycles. The average Bonchev–Trinajstić information content (AvgIpc) is 2.72. The minimum Gasteiger partial charge on any atom is -0.465 e. The summed E-state index contributed by atoms with van der Waals surface area (Å²) in [7, 11) is 2.48. The Morgan fingerprint density at radius 2 is 1.43 bits per heavy atom. The first kappa shape index (κ1) is 19.1. The zero-order chi connectivity index (χ0) is 20.1. The van der Waals surface area contributed by atoms with Crippen molar-refractivity contribution >= 4 is 34.3 Å². The highest BCUT2D eigenvalue weighted by Crippen LogP contribution is 2.21.